The van der Waals surface area contributed by atoms with Crippen molar-refractivity contribution in [2.45, 2.75) is 58.2 Å². The Morgan fingerprint density at radius 2 is 1.60 bits per heavy atom. The van der Waals surface area contributed by atoms with E-state index >= 15 is 0 Å². The molecular weight excluding hydrogens is 725 g/mol. The number of pyridine rings is 2. The van der Waals surface area contributed by atoms with E-state index in [2.05, 4.69) is 111 Å². The molecule has 1 saturated carbocycles. The van der Waals surface area contributed by atoms with Gasteiger partial charge in [0.1, 0.15) is 0 Å². The summed E-state index contributed by atoms with van der Waals surface area (Å²) < 4.78 is 2.67. The minimum absolute atomic E-state index is 0. The average Bonchev–Trinajstić information content (AvgIpc) is 3.77. The van der Waals surface area contributed by atoms with Crippen LogP contribution in [0, 0.1) is 12.1 Å². The van der Waals surface area contributed by atoms with Crippen LogP contribution in [-0.4, -0.2) is 18.0 Å². The minimum atomic E-state index is -1.32. The van der Waals surface area contributed by atoms with Crippen LogP contribution in [0.1, 0.15) is 49.7 Å². The summed E-state index contributed by atoms with van der Waals surface area (Å²) in [6, 6.07) is 34.5. The van der Waals surface area contributed by atoms with Gasteiger partial charge < -0.3 is 9.97 Å². The predicted molar refractivity (Wildman–Crippen MR) is 179 cm³/mol. The van der Waals surface area contributed by atoms with E-state index in [4.69, 9.17) is 4.98 Å². The van der Waals surface area contributed by atoms with Gasteiger partial charge in [-0.05, 0) is 63.3 Å². The van der Waals surface area contributed by atoms with Gasteiger partial charge in [0, 0.05) is 37.2 Å². The van der Waals surface area contributed by atoms with Gasteiger partial charge in [0.15, 0.2) is 0 Å². The molecule has 1 radical (unpaired) electrons. The van der Waals surface area contributed by atoms with Crippen molar-refractivity contribution in [1.29, 1.82) is 0 Å². The number of nitrogens with zero attached hydrogens (tertiary/aromatic N) is 2. The fraction of sp³-hybridized carbons (Fsp3) is 0.243. The topological polar surface area (TPSA) is 25.8 Å². The van der Waals surface area contributed by atoms with Crippen LogP contribution in [0.3, 0.4) is 0 Å². The average molecular weight is 761 g/mol. The first-order valence-corrected chi connectivity index (χ1v) is 18.9. The van der Waals surface area contributed by atoms with Crippen molar-refractivity contribution in [2.24, 2.45) is 0 Å². The Bertz CT molecular complexity index is 1780. The van der Waals surface area contributed by atoms with Gasteiger partial charge in [0.25, 0.3) is 0 Å². The molecule has 3 heterocycles. The maximum Gasteiger partial charge on any atom is 0.0776 e. The molecule has 0 amide bonds. The third kappa shape index (κ3) is 6.66. The van der Waals surface area contributed by atoms with E-state index in [1.165, 1.54) is 49.3 Å². The monoisotopic (exact) mass is 761 g/mol. The molecule has 0 saturated heterocycles. The van der Waals surface area contributed by atoms with Crippen molar-refractivity contribution in [2.75, 3.05) is 0 Å². The van der Waals surface area contributed by atoms with Crippen LogP contribution in [0.25, 0.3) is 42.7 Å². The standard InChI is InChI=1S/C23H22NSSi.C14H14N.Ir/c1-26(2,3)17-10-12-22-20(13-17)18-5-4-6-19(23(18)25-22)21-11-9-16(14-24-21)15-7-8-15;1-11(2)13-8-9-14(15-10-13)12-6-4-3-5-7-12;/h4-5,9-15H,7-8H2,1-3H3;3-6,8-11H,1-2H3;/q2*-1;. The van der Waals surface area contributed by atoms with Gasteiger partial charge in [-0.15, -0.1) is 59.7 Å². The fourth-order valence-electron chi connectivity index (χ4n) is 5.07. The van der Waals surface area contributed by atoms with Gasteiger partial charge >= 0.3 is 0 Å². The zero-order valence-corrected chi connectivity index (χ0v) is 29.1. The molecule has 215 valence electrons. The summed E-state index contributed by atoms with van der Waals surface area (Å²) in [5.41, 5.74) is 6.87. The molecule has 1 aliphatic rings. The van der Waals surface area contributed by atoms with Crippen molar-refractivity contribution < 1.29 is 20.1 Å². The van der Waals surface area contributed by atoms with Crippen LogP contribution >= 0.6 is 11.3 Å². The molecule has 1 aliphatic carbocycles. The smallest absolute Gasteiger partial charge is 0.0776 e. The van der Waals surface area contributed by atoms with Crippen LogP contribution < -0.4 is 5.19 Å². The van der Waals surface area contributed by atoms with Gasteiger partial charge in [-0.2, -0.15) is 11.3 Å². The summed E-state index contributed by atoms with van der Waals surface area (Å²) in [5.74, 6) is 1.28. The normalized spacial score (nSPS) is 13.1. The molecule has 6 aromatic rings. The van der Waals surface area contributed by atoms with Gasteiger partial charge in [0.05, 0.1) is 8.07 Å². The number of benzene rings is 3. The molecule has 3 aromatic carbocycles. The van der Waals surface area contributed by atoms with E-state index in [1.54, 1.807) is 0 Å². The SMILES string of the molecule is CC(C)c1ccc(-c2[c-]cccc2)nc1.C[Si](C)(C)c1ccc2sc3c(-c4ccc(C5CC5)cn4)[c-]ccc3c2c1.[Ir]. The van der Waals surface area contributed by atoms with Gasteiger partial charge in [0.2, 0.25) is 0 Å². The molecule has 0 aliphatic heterocycles. The summed E-state index contributed by atoms with van der Waals surface area (Å²) >= 11 is 1.87. The van der Waals surface area contributed by atoms with Crippen molar-refractivity contribution >= 4 is 44.8 Å². The number of aromatic nitrogens is 2. The third-order valence-electron chi connectivity index (χ3n) is 7.83. The molecule has 0 N–H and O–H groups in total. The van der Waals surface area contributed by atoms with Crippen molar-refractivity contribution in [1.82, 2.24) is 9.97 Å². The Morgan fingerprint density at radius 3 is 2.21 bits per heavy atom. The van der Waals surface area contributed by atoms with Crippen LogP contribution in [-0.2, 0) is 20.1 Å². The molecule has 0 atom stereocenters. The molecular formula is C37H36IrN2SSi-2. The second kappa shape index (κ2) is 12.7. The van der Waals surface area contributed by atoms with Gasteiger partial charge in [-0.1, -0.05) is 80.5 Å². The van der Waals surface area contributed by atoms with Crippen LogP contribution in [0.5, 0.6) is 0 Å². The van der Waals surface area contributed by atoms with E-state index < -0.39 is 8.07 Å². The number of thiophene rings is 1. The molecule has 42 heavy (non-hydrogen) atoms. The Balaban J connectivity index is 0.000000189. The van der Waals surface area contributed by atoms with E-state index in [1.807, 2.05) is 41.8 Å². The Kier molecular flexibility index (Phi) is 9.24. The van der Waals surface area contributed by atoms with Crippen molar-refractivity contribution in [3.05, 3.63) is 115 Å². The first-order valence-electron chi connectivity index (χ1n) is 14.5. The molecule has 5 heteroatoms. The number of hydrogen-bond acceptors (Lipinski definition) is 3. The fourth-order valence-corrected chi connectivity index (χ4v) is 7.42. The number of hydrogen-bond donors (Lipinski definition) is 0. The number of fused-ring (bicyclic) bond motifs is 3. The minimum Gasteiger partial charge on any atom is -0.304 e. The van der Waals surface area contributed by atoms with Gasteiger partial charge in [-0.25, -0.2) is 0 Å². The van der Waals surface area contributed by atoms with Crippen LogP contribution in [0.2, 0.25) is 19.6 Å². The summed E-state index contributed by atoms with van der Waals surface area (Å²) in [4.78, 5) is 9.21. The summed E-state index contributed by atoms with van der Waals surface area (Å²) in [6.45, 7) is 11.6. The van der Waals surface area contributed by atoms with E-state index in [-0.39, 0.29) is 20.1 Å². The number of rotatable bonds is 5. The Labute approximate surface area is 268 Å². The molecule has 0 spiro atoms. The van der Waals surface area contributed by atoms with Crippen LogP contribution in [0.15, 0.2) is 91.3 Å². The second-order valence-corrected chi connectivity index (χ2v) is 18.4. The molecule has 3 aromatic heterocycles. The van der Waals surface area contributed by atoms with Crippen molar-refractivity contribution in [3.63, 3.8) is 0 Å². The first-order chi connectivity index (χ1) is 19.8. The third-order valence-corrected chi connectivity index (χ3v) is 11.1. The van der Waals surface area contributed by atoms with Crippen molar-refractivity contribution in [3.8, 4) is 22.5 Å². The largest absolute Gasteiger partial charge is 0.304 e. The second-order valence-electron chi connectivity index (χ2n) is 12.3. The molecule has 0 unspecified atom stereocenters. The predicted octanol–water partition coefficient (Wildman–Crippen LogP) is 10.0. The van der Waals surface area contributed by atoms with Gasteiger partial charge in [-0.3, -0.25) is 0 Å². The van der Waals surface area contributed by atoms with E-state index in [0.717, 1.165) is 28.4 Å². The Hall–Kier alpha value is -2.95. The summed E-state index contributed by atoms with van der Waals surface area (Å²) in [6.07, 6.45) is 6.65. The Morgan fingerprint density at radius 1 is 0.810 bits per heavy atom. The summed E-state index contributed by atoms with van der Waals surface area (Å²) in [5, 5.41) is 4.24. The maximum atomic E-state index is 4.77. The molecule has 1 fully saturated rings. The quantitative estimate of drug-likeness (QED) is 0.129. The van der Waals surface area contributed by atoms with E-state index in [9.17, 15) is 0 Å². The zero-order valence-electron chi connectivity index (χ0n) is 24.9. The van der Waals surface area contributed by atoms with Crippen LogP contribution in [0.4, 0.5) is 0 Å². The zero-order chi connectivity index (χ0) is 28.6. The maximum absolute atomic E-state index is 4.77. The molecule has 7 rings (SSSR count). The molecule has 2 nitrogen and oxygen atoms in total. The first kappa shape index (κ1) is 30.5. The van der Waals surface area contributed by atoms with E-state index in [0.29, 0.717) is 5.92 Å². The summed E-state index contributed by atoms with van der Waals surface area (Å²) in [7, 11) is -1.32. The molecule has 0 bridgehead atoms.